The number of hydrogen-bond donors (Lipinski definition) is 3. The molecule has 0 heterocycles. The molecule has 1 aromatic carbocycles. The molecule has 0 spiro atoms. The molecule has 0 radical (unpaired) electrons. The number of hydrogen-bond acceptors (Lipinski definition) is 3. The van der Waals surface area contributed by atoms with Crippen LogP contribution in [0.2, 0.25) is 0 Å². The van der Waals surface area contributed by atoms with E-state index in [1.54, 1.807) is 0 Å². The van der Waals surface area contributed by atoms with Crippen LogP contribution in [0.15, 0.2) is 30.3 Å². The van der Waals surface area contributed by atoms with Crippen LogP contribution in [-0.4, -0.2) is 22.9 Å². The zero-order valence-electron chi connectivity index (χ0n) is 8.05. The highest BCUT2D eigenvalue weighted by Crippen LogP contribution is 1.92. The summed E-state index contributed by atoms with van der Waals surface area (Å²) < 4.78 is 0. The summed E-state index contributed by atoms with van der Waals surface area (Å²) in [6, 6.07) is 9.45. The molecule has 0 fully saturated rings. The molecule has 0 bridgehead atoms. The quantitative estimate of drug-likeness (QED) is 0.649. The number of nitrogens with two attached hydrogens (primary N) is 1. The molecule has 0 aliphatic carbocycles. The maximum absolute atomic E-state index is 9.76. The number of rotatable bonds is 2. The Morgan fingerprint density at radius 3 is 2.14 bits per heavy atom. The molecule has 0 unspecified atom stereocenters. The summed E-state index contributed by atoms with van der Waals surface area (Å²) in [5.74, 6) is -0.815. The highest BCUT2D eigenvalue weighted by molar-refractivity contribution is 7.80. The molecule has 0 saturated carbocycles. The van der Waals surface area contributed by atoms with E-state index in [9.17, 15) is 4.79 Å². The summed E-state index contributed by atoms with van der Waals surface area (Å²) >= 11 is 3.65. The van der Waals surface area contributed by atoms with Gasteiger partial charge >= 0.3 is 5.97 Å². The molecule has 0 aliphatic heterocycles. The van der Waals surface area contributed by atoms with E-state index in [1.807, 2.05) is 18.2 Å². The molecule has 0 aliphatic rings. The second-order valence-corrected chi connectivity index (χ2v) is 3.15. The molecule has 0 saturated heterocycles. The Balaban J connectivity index is 0.000000241. The first-order valence-electron chi connectivity index (χ1n) is 4.18. The van der Waals surface area contributed by atoms with E-state index in [4.69, 9.17) is 10.8 Å². The van der Waals surface area contributed by atoms with E-state index < -0.39 is 12.0 Å². The van der Waals surface area contributed by atoms with Crippen LogP contribution < -0.4 is 5.73 Å². The van der Waals surface area contributed by atoms with Crippen molar-refractivity contribution >= 4 is 18.6 Å². The monoisotopic (exact) mass is 213 g/mol. The summed E-state index contributed by atoms with van der Waals surface area (Å²) in [5.41, 5.74) is 6.26. The van der Waals surface area contributed by atoms with Crippen LogP contribution in [0.1, 0.15) is 5.56 Å². The van der Waals surface area contributed by atoms with Gasteiger partial charge < -0.3 is 10.8 Å². The molecule has 1 rings (SSSR count). The lowest BCUT2D eigenvalue weighted by Gasteiger charge is -1.96. The Bertz CT molecular complexity index is 264. The normalized spacial score (nSPS) is 11.1. The summed E-state index contributed by atoms with van der Waals surface area (Å²) in [4.78, 5) is 9.76. The van der Waals surface area contributed by atoms with Crippen molar-refractivity contribution in [3.05, 3.63) is 35.9 Å². The number of aryl methyl sites for hydroxylation is 1. The molecule has 0 amide bonds. The first-order chi connectivity index (χ1) is 6.57. The van der Waals surface area contributed by atoms with Gasteiger partial charge in [-0.3, -0.25) is 4.79 Å². The van der Waals surface area contributed by atoms with Crippen molar-refractivity contribution in [2.45, 2.75) is 13.0 Å². The molecule has 14 heavy (non-hydrogen) atoms. The molecule has 4 heteroatoms. The Morgan fingerprint density at radius 2 is 2.00 bits per heavy atom. The minimum absolute atomic E-state index is 0.190. The van der Waals surface area contributed by atoms with Crippen LogP contribution in [-0.2, 0) is 4.79 Å². The number of carbonyl (C=O) groups is 1. The van der Waals surface area contributed by atoms with Crippen LogP contribution in [0.5, 0.6) is 0 Å². The molecular formula is C10H15NO2S. The molecule has 3 nitrogen and oxygen atoms in total. The van der Waals surface area contributed by atoms with Crippen molar-refractivity contribution in [2.24, 2.45) is 5.73 Å². The van der Waals surface area contributed by atoms with Crippen LogP contribution >= 0.6 is 12.6 Å². The summed E-state index contributed by atoms with van der Waals surface area (Å²) in [6.45, 7) is 2.08. The summed E-state index contributed by atoms with van der Waals surface area (Å²) in [5, 5.41) is 8.01. The number of aliphatic carboxylic acids is 1. The van der Waals surface area contributed by atoms with Gasteiger partial charge in [0.25, 0.3) is 0 Å². The van der Waals surface area contributed by atoms with E-state index in [1.165, 1.54) is 5.56 Å². The van der Waals surface area contributed by atoms with Gasteiger partial charge in [0.05, 0.1) is 0 Å². The largest absolute Gasteiger partial charge is 0.480 e. The second-order valence-electron chi connectivity index (χ2n) is 2.78. The van der Waals surface area contributed by atoms with E-state index in [2.05, 4.69) is 31.7 Å². The third kappa shape index (κ3) is 6.51. The van der Waals surface area contributed by atoms with Crippen molar-refractivity contribution in [3.8, 4) is 0 Å². The van der Waals surface area contributed by atoms with Gasteiger partial charge in [-0.2, -0.15) is 12.6 Å². The number of carboxylic acids is 1. The lowest BCUT2D eigenvalue weighted by Crippen LogP contribution is -2.31. The van der Waals surface area contributed by atoms with Crippen LogP contribution in [0, 0.1) is 6.92 Å². The van der Waals surface area contributed by atoms with Crippen LogP contribution in [0.3, 0.4) is 0 Å². The van der Waals surface area contributed by atoms with Gasteiger partial charge in [0.15, 0.2) is 0 Å². The van der Waals surface area contributed by atoms with Crippen molar-refractivity contribution in [1.29, 1.82) is 0 Å². The third-order valence-electron chi connectivity index (χ3n) is 1.45. The van der Waals surface area contributed by atoms with Gasteiger partial charge in [-0.1, -0.05) is 35.9 Å². The zero-order chi connectivity index (χ0) is 11.0. The second kappa shape index (κ2) is 7.41. The first kappa shape index (κ1) is 13.0. The lowest BCUT2D eigenvalue weighted by molar-refractivity contribution is -0.137. The summed E-state index contributed by atoms with van der Waals surface area (Å²) in [7, 11) is 0. The third-order valence-corrected chi connectivity index (χ3v) is 1.85. The van der Waals surface area contributed by atoms with Crippen molar-refractivity contribution in [3.63, 3.8) is 0 Å². The first-order valence-corrected chi connectivity index (χ1v) is 4.82. The van der Waals surface area contributed by atoms with Crippen LogP contribution in [0.4, 0.5) is 0 Å². The standard InChI is InChI=1S/C7H8.C3H7NO2S/c1-7-5-3-2-4-6-7;4-2(1-7)3(5)6/h2-6H,1H3;2,7H,1,4H2,(H,5,6)/t;2-/m.0/s1. The van der Waals surface area contributed by atoms with Crippen molar-refractivity contribution in [2.75, 3.05) is 5.75 Å². The molecule has 78 valence electrons. The highest BCUT2D eigenvalue weighted by atomic mass is 32.1. The number of benzene rings is 1. The Hall–Kier alpha value is -1.00. The van der Waals surface area contributed by atoms with Crippen molar-refractivity contribution < 1.29 is 9.90 Å². The van der Waals surface area contributed by atoms with E-state index in [0.29, 0.717) is 0 Å². The molecule has 1 atom stereocenters. The van der Waals surface area contributed by atoms with Gasteiger partial charge in [0.1, 0.15) is 6.04 Å². The molecule has 0 aromatic heterocycles. The minimum Gasteiger partial charge on any atom is -0.480 e. The SMILES string of the molecule is Cc1ccccc1.N[C@@H](CS)C(=O)O. The Kier molecular flexibility index (Phi) is 6.88. The average Bonchev–Trinajstić information content (AvgIpc) is 2.18. The topological polar surface area (TPSA) is 63.3 Å². The molecule has 1 aromatic rings. The van der Waals surface area contributed by atoms with E-state index in [0.717, 1.165) is 0 Å². The number of thiol groups is 1. The maximum atomic E-state index is 9.76. The number of carboxylic acid groups (broad SMARTS) is 1. The lowest BCUT2D eigenvalue weighted by atomic mass is 10.2. The zero-order valence-corrected chi connectivity index (χ0v) is 8.95. The highest BCUT2D eigenvalue weighted by Gasteiger charge is 2.06. The van der Waals surface area contributed by atoms with Crippen LogP contribution in [0.25, 0.3) is 0 Å². The predicted molar refractivity (Wildman–Crippen MR) is 60.6 cm³/mol. The summed E-state index contributed by atoms with van der Waals surface area (Å²) in [6.07, 6.45) is 0. The fourth-order valence-corrected chi connectivity index (χ4v) is 0.769. The molecule has 3 N–H and O–H groups in total. The van der Waals surface area contributed by atoms with Crippen molar-refractivity contribution in [1.82, 2.24) is 0 Å². The smallest absolute Gasteiger partial charge is 0.321 e. The fourth-order valence-electron chi connectivity index (χ4n) is 0.612. The van der Waals surface area contributed by atoms with Gasteiger partial charge in [-0.15, -0.1) is 0 Å². The van der Waals surface area contributed by atoms with Gasteiger partial charge in [-0.25, -0.2) is 0 Å². The average molecular weight is 213 g/mol. The van der Waals surface area contributed by atoms with E-state index in [-0.39, 0.29) is 5.75 Å². The van der Waals surface area contributed by atoms with Gasteiger partial charge in [-0.05, 0) is 6.92 Å². The van der Waals surface area contributed by atoms with Gasteiger partial charge in [0, 0.05) is 5.75 Å². The minimum atomic E-state index is -1.00. The molecular weight excluding hydrogens is 198 g/mol. The predicted octanol–water partition coefficient (Wildman–Crippen LogP) is 1.32. The maximum Gasteiger partial charge on any atom is 0.321 e. The van der Waals surface area contributed by atoms with E-state index >= 15 is 0 Å². The Morgan fingerprint density at radius 1 is 1.50 bits per heavy atom. The Labute approximate surface area is 89.3 Å². The van der Waals surface area contributed by atoms with Gasteiger partial charge in [0.2, 0.25) is 0 Å². The fraction of sp³-hybridized carbons (Fsp3) is 0.300.